The van der Waals surface area contributed by atoms with Crippen LogP contribution in [0.1, 0.15) is 27.7 Å². The third-order valence-corrected chi connectivity index (χ3v) is 8.50. The van der Waals surface area contributed by atoms with Gasteiger partial charge in [0.15, 0.2) is 10.8 Å². The molecule has 0 aliphatic carbocycles. The molecule has 0 N–H and O–H groups in total. The molecule has 0 bridgehead atoms. The molecule has 0 saturated carbocycles. The molecule has 25 heavy (non-hydrogen) atoms. The Balaban J connectivity index is 2.22. The van der Waals surface area contributed by atoms with Crippen molar-refractivity contribution in [3.8, 4) is 11.3 Å². The van der Waals surface area contributed by atoms with Gasteiger partial charge in [0.2, 0.25) is 5.69 Å². The monoisotopic (exact) mass is 421 g/mol. The van der Waals surface area contributed by atoms with Crippen molar-refractivity contribution in [1.82, 2.24) is 4.74 Å². The number of hydrogen-bond donors (Lipinski definition) is 0. The third-order valence-electron chi connectivity index (χ3n) is 2.86. The molecular formula is C16H21ClNO4PS2. The number of benzene rings is 1. The Morgan fingerprint density at radius 3 is 2.28 bits per heavy atom. The SMILES string of the molecule is CC(C)OP(=S)(OC(C)C)SCn1oc(-c2ccccc2)c(Cl)c1=O. The topological polar surface area (TPSA) is 53.6 Å². The molecule has 0 fully saturated rings. The summed E-state index contributed by atoms with van der Waals surface area (Å²) in [7, 11) is 0. The van der Waals surface area contributed by atoms with Crippen molar-refractivity contribution in [3.05, 3.63) is 45.7 Å². The fraction of sp³-hybridized carbons (Fsp3) is 0.438. The van der Waals surface area contributed by atoms with Crippen LogP contribution in [0.5, 0.6) is 0 Å². The lowest BCUT2D eigenvalue weighted by Crippen LogP contribution is -2.14. The van der Waals surface area contributed by atoms with E-state index in [9.17, 15) is 4.79 Å². The van der Waals surface area contributed by atoms with Gasteiger partial charge in [0.25, 0.3) is 0 Å². The Labute approximate surface area is 161 Å². The normalized spacial score (nSPS) is 12.3. The van der Waals surface area contributed by atoms with Gasteiger partial charge in [-0.25, -0.2) is 0 Å². The van der Waals surface area contributed by atoms with E-state index in [1.165, 1.54) is 16.1 Å². The number of rotatable bonds is 8. The molecule has 0 saturated heterocycles. The lowest BCUT2D eigenvalue weighted by molar-refractivity contribution is 0.186. The van der Waals surface area contributed by atoms with E-state index in [-0.39, 0.29) is 23.1 Å². The first kappa shape index (κ1) is 20.7. The minimum absolute atomic E-state index is 0.0506. The van der Waals surface area contributed by atoms with Gasteiger partial charge in [0, 0.05) is 5.56 Å². The molecule has 2 rings (SSSR count). The summed E-state index contributed by atoms with van der Waals surface area (Å²) in [5.41, 5.74) is -2.27. The molecule has 0 atom stereocenters. The minimum Gasteiger partial charge on any atom is -0.373 e. The average molecular weight is 422 g/mol. The first-order valence-corrected chi connectivity index (χ1v) is 12.4. The van der Waals surface area contributed by atoms with Gasteiger partial charge in [-0.15, -0.1) is 0 Å². The molecular weight excluding hydrogens is 401 g/mol. The largest absolute Gasteiger partial charge is 0.373 e. The summed E-state index contributed by atoms with van der Waals surface area (Å²) in [5, 5.41) is 0.0506. The Hall–Kier alpha value is -0.560. The highest BCUT2D eigenvalue weighted by atomic mass is 35.5. The summed E-state index contributed by atoms with van der Waals surface area (Å²) in [6.07, 6.45) is -0.150. The lowest BCUT2D eigenvalue weighted by atomic mass is 10.2. The zero-order valence-corrected chi connectivity index (χ0v) is 17.8. The van der Waals surface area contributed by atoms with Crippen LogP contribution in [0, 0.1) is 0 Å². The van der Waals surface area contributed by atoms with Gasteiger partial charge in [0.05, 0.1) is 12.2 Å². The van der Waals surface area contributed by atoms with Crippen LogP contribution < -0.4 is 5.56 Å². The van der Waals surface area contributed by atoms with Crippen LogP contribution in [0.4, 0.5) is 0 Å². The predicted octanol–water partition coefficient (Wildman–Crippen LogP) is 5.53. The van der Waals surface area contributed by atoms with Crippen molar-refractivity contribution in [2.24, 2.45) is 0 Å². The van der Waals surface area contributed by atoms with Gasteiger partial charge in [-0.3, -0.25) is 4.79 Å². The van der Waals surface area contributed by atoms with Crippen LogP contribution in [-0.4, -0.2) is 16.9 Å². The van der Waals surface area contributed by atoms with Gasteiger partial charge < -0.3 is 13.6 Å². The minimum atomic E-state index is -2.61. The quantitative estimate of drug-likeness (QED) is 0.522. The first-order chi connectivity index (χ1) is 11.7. The highest BCUT2D eigenvalue weighted by molar-refractivity contribution is 8.67. The maximum Gasteiger partial charge on any atom is 0.302 e. The Morgan fingerprint density at radius 1 is 1.20 bits per heavy atom. The maximum atomic E-state index is 12.3. The Morgan fingerprint density at radius 2 is 1.76 bits per heavy atom. The summed E-state index contributed by atoms with van der Waals surface area (Å²) in [6, 6.07) is 9.24. The van der Waals surface area contributed by atoms with Crippen molar-refractivity contribution in [3.63, 3.8) is 0 Å². The molecule has 0 aliphatic heterocycles. The van der Waals surface area contributed by atoms with Crippen molar-refractivity contribution in [1.29, 1.82) is 0 Å². The molecule has 9 heteroatoms. The van der Waals surface area contributed by atoms with E-state index >= 15 is 0 Å². The Bertz CT molecular complexity index is 790. The second-order valence-corrected chi connectivity index (χ2v) is 12.4. The molecule has 138 valence electrons. The van der Waals surface area contributed by atoms with Crippen molar-refractivity contribution in [2.45, 2.75) is 45.8 Å². The van der Waals surface area contributed by atoms with Crippen LogP contribution in [0.3, 0.4) is 0 Å². The van der Waals surface area contributed by atoms with E-state index in [0.717, 1.165) is 5.56 Å². The van der Waals surface area contributed by atoms with Crippen LogP contribution in [0.15, 0.2) is 39.6 Å². The molecule has 1 aromatic carbocycles. The van der Waals surface area contributed by atoms with Crippen molar-refractivity contribution < 1.29 is 13.6 Å². The second-order valence-electron chi connectivity index (χ2n) is 5.80. The number of hydrogen-bond acceptors (Lipinski definition) is 6. The third kappa shape index (κ3) is 5.71. The molecule has 0 radical (unpaired) electrons. The smallest absolute Gasteiger partial charge is 0.302 e. The van der Waals surface area contributed by atoms with Crippen LogP contribution >= 0.6 is 28.7 Å². The van der Waals surface area contributed by atoms with Crippen molar-refractivity contribution in [2.75, 3.05) is 0 Å². The summed E-state index contributed by atoms with van der Waals surface area (Å²) in [4.78, 5) is 12.3. The zero-order valence-electron chi connectivity index (χ0n) is 14.5. The fourth-order valence-electron chi connectivity index (χ4n) is 1.98. The zero-order chi connectivity index (χ0) is 18.6. The van der Waals surface area contributed by atoms with Crippen molar-refractivity contribution >= 4 is 40.5 Å². The van der Waals surface area contributed by atoms with Gasteiger partial charge in [-0.1, -0.05) is 41.9 Å². The fourth-order valence-corrected chi connectivity index (χ4v) is 7.43. The van der Waals surface area contributed by atoms with E-state index in [4.69, 9.17) is 37.0 Å². The summed E-state index contributed by atoms with van der Waals surface area (Å²) < 4.78 is 18.4. The molecule has 5 nitrogen and oxygen atoms in total. The highest BCUT2D eigenvalue weighted by Crippen LogP contribution is 2.63. The highest BCUT2D eigenvalue weighted by Gasteiger charge is 2.25. The van der Waals surface area contributed by atoms with E-state index in [1.54, 1.807) is 0 Å². The number of aromatic nitrogens is 1. The molecule has 0 unspecified atom stereocenters. The van der Waals surface area contributed by atoms with Gasteiger partial charge >= 0.3 is 5.56 Å². The van der Waals surface area contributed by atoms with Gasteiger partial charge in [-0.05, 0) is 50.9 Å². The number of nitrogens with zero attached hydrogens (tertiary/aromatic N) is 1. The van der Waals surface area contributed by atoms with E-state index in [1.807, 2.05) is 58.0 Å². The summed E-state index contributed by atoms with van der Waals surface area (Å²) in [5.74, 6) is 0.512. The van der Waals surface area contributed by atoms with Gasteiger partial charge in [-0.2, -0.15) is 4.74 Å². The predicted molar refractivity (Wildman–Crippen MR) is 108 cm³/mol. The van der Waals surface area contributed by atoms with Crippen LogP contribution in [0.25, 0.3) is 11.3 Å². The first-order valence-electron chi connectivity index (χ1n) is 7.78. The molecule has 0 amide bonds. The van der Waals surface area contributed by atoms with Crippen LogP contribution in [0.2, 0.25) is 5.02 Å². The molecule has 0 spiro atoms. The molecule has 2 aromatic rings. The second kappa shape index (κ2) is 8.89. The van der Waals surface area contributed by atoms with Gasteiger partial charge in [0.1, 0.15) is 5.88 Å². The van der Waals surface area contributed by atoms with E-state index < -0.39 is 11.3 Å². The van der Waals surface area contributed by atoms with E-state index in [2.05, 4.69) is 0 Å². The standard InChI is InChI=1S/C16H21ClNO4PS2/c1-11(2)21-23(24,22-12(3)4)25-10-18-16(19)14(17)15(20-18)13-8-6-5-7-9-13/h5-9,11-12H,10H2,1-4H3. The lowest BCUT2D eigenvalue weighted by Gasteiger charge is -2.25. The number of halogens is 1. The molecule has 0 aliphatic rings. The average Bonchev–Trinajstić information content (AvgIpc) is 2.80. The maximum absolute atomic E-state index is 12.3. The summed E-state index contributed by atoms with van der Waals surface area (Å²) in [6.45, 7) is 7.59. The van der Waals surface area contributed by atoms with E-state index in [0.29, 0.717) is 5.76 Å². The Kier molecular flexibility index (Phi) is 7.38. The summed E-state index contributed by atoms with van der Waals surface area (Å²) >= 11 is 13.0. The van der Waals surface area contributed by atoms with Crippen LogP contribution in [-0.2, 0) is 26.7 Å². The molecule has 1 heterocycles. The molecule has 1 aromatic heterocycles.